The van der Waals surface area contributed by atoms with Crippen LogP contribution in [-0.2, 0) is 27.2 Å². The Kier molecular flexibility index (Phi) is 8.30. The van der Waals surface area contributed by atoms with Crippen LogP contribution in [0, 0.1) is 6.92 Å². The number of rotatable bonds is 10. The van der Waals surface area contributed by atoms with Crippen molar-refractivity contribution in [3.8, 4) is 16.9 Å². The largest absolute Gasteiger partial charge is 0.496 e. The Labute approximate surface area is 189 Å². The smallest absolute Gasteiger partial charge is 0.305 e. The van der Waals surface area contributed by atoms with Gasteiger partial charge >= 0.3 is 5.97 Å². The molecule has 0 aliphatic carbocycles. The van der Waals surface area contributed by atoms with Gasteiger partial charge in [0.15, 0.2) is 0 Å². The number of esters is 1. The third-order valence-electron chi connectivity index (χ3n) is 6.01. The van der Waals surface area contributed by atoms with Gasteiger partial charge in [0.1, 0.15) is 5.75 Å². The summed E-state index contributed by atoms with van der Waals surface area (Å²) in [6, 6.07) is 7.56. The minimum Gasteiger partial charge on any atom is -0.496 e. The minimum atomic E-state index is -0.491. The highest BCUT2D eigenvalue weighted by atomic mass is 16.5. The maximum Gasteiger partial charge on any atom is 0.305 e. The molecule has 2 heterocycles. The molecular weight excluding hydrogens is 410 g/mol. The highest BCUT2D eigenvalue weighted by molar-refractivity contribution is 6.03. The Morgan fingerprint density at radius 3 is 2.50 bits per heavy atom. The van der Waals surface area contributed by atoms with E-state index >= 15 is 0 Å². The molecule has 1 aromatic carbocycles. The average Bonchev–Trinajstić information content (AvgIpc) is 3.09. The van der Waals surface area contributed by atoms with Gasteiger partial charge in [0.2, 0.25) is 0 Å². The van der Waals surface area contributed by atoms with Gasteiger partial charge in [0.05, 0.1) is 39.4 Å². The van der Waals surface area contributed by atoms with Gasteiger partial charge in [-0.25, -0.2) is 0 Å². The minimum absolute atomic E-state index is 0.212. The zero-order chi connectivity index (χ0) is 23.1. The van der Waals surface area contributed by atoms with Crippen LogP contribution >= 0.6 is 0 Å². The van der Waals surface area contributed by atoms with E-state index in [0.717, 1.165) is 68.3 Å². The predicted octanol–water partition coefficient (Wildman–Crippen LogP) is 2.40. The molecule has 2 aromatic rings. The number of amides is 1. The summed E-state index contributed by atoms with van der Waals surface area (Å²) in [6.07, 6.45) is 1.56. The van der Waals surface area contributed by atoms with Gasteiger partial charge in [-0.15, -0.1) is 0 Å². The summed E-state index contributed by atoms with van der Waals surface area (Å²) in [5, 5.41) is 0. The number of morpholine rings is 1. The van der Waals surface area contributed by atoms with Crippen LogP contribution in [0.25, 0.3) is 11.1 Å². The fraction of sp³-hybridized carbons (Fsp3) is 0.500. The number of ether oxygens (including phenoxy) is 3. The number of methoxy groups -OCH3 is 2. The van der Waals surface area contributed by atoms with Gasteiger partial charge in [0.25, 0.3) is 5.91 Å². The lowest BCUT2D eigenvalue weighted by molar-refractivity contribution is -0.140. The van der Waals surface area contributed by atoms with Crippen LogP contribution in [0.15, 0.2) is 24.3 Å². The first kappa shape index (κ1) is 23.8. The van der Waals surface area contributed by atoms with Crippen molar-refractivity contribution in [3.63, 3.8) is 0 Å². The molecule has 174 valence electrons. The molecule has 1 fully saturated rings. The first-order valence-electron chi connectivity index (χ1n) is 11.0. The number of nitrogens with zero attached hydrogens (tertiary/aromatic N) is 2. The molecule has 1 aromatic heterocycles. The molecular formula is C24H33N3O5. The Bertz CT molecular complexity index is 947. The lowest BCUT2D eigenvalue weighted by atomic mass is 9.97. The average molecular weight is 444 g/mol. The van der Waals surface area contributed by atoms with Crippen LogP contribution in [0.2, 0.25) is 0 Å². The maximum absolute atomic E-state index is 12.6. The molecule has 32 heavy (non-hydrogen) atoms. The summed E-state index contributed by atoms with van der Waals surface area (Å²) in [6.45, 7) is 6.95. The molecule has 8 nitrogen and oxygen atoms in total. The van der Waals surface area contributed by atoms with E-state index in [9.17, 15) is 9.59 Å². The van der Waals surface area contributed by atoms with E-state index < -0.39 is 5.91 Å². The van der Waals surface area contributed by atoms with Crippen molar-refractivity contribution < 1.29 is 23.8 Å². The molecule has 1 aliphatic heterocycles. The second kappa shape index (κ2) is 11.2. The standard InChI is InChI=1S/C24H33N3O5/c1-17-22(24(25)29)23(18-7-4-5-8-20(18)30-2)19(9-10-21(28)31-3)27(17)12-6-11-26-13-15-32-16-14-26/h4-5,7-8H,6,9-16H2,1-3H3,(H2,25,29). The quantitative estimate of drug-likeness (QED) is 0.567. The van der Waals surface area contributed by atoms with E-state index in [0.29, 0.717) is 17.7 Å². The fourth-order valence-electron chi connectivity index (χ4n) is 4.40. The van der Waals surface area contributed by atoms with E-state index in [-0.39, 0.29) is 12.4 Å². The monoisotopic (exact) mass is 443 g/mol. The van der Waals surface area contributed by atoms with Crippen LogP contribution < -0.4 is 10.5 Å². The molecule has 0 spiro atoms. The SMILES string of the molecule is COC(=O)CCc1c(-c2ccccc2OC)c(C(N)=O)c(C)n1CCCN1CCOCC1. The first-order chi connectivity index (χ1) is 15.5. The van der Waals surface area contributed by atoms with Gasteiger partial charge in [-0.05, 0) is 25.8 Å². The summed E-state index contributed by atoms with van der Waals surface area (Å²) in [5.41, 5.74) is 9.55. The van der Waals surface area contributed by atoms with Gasteiger partial charge in [-0.3, -0.25) is 14.5 Å². The maximum atomic E-state index is 12.6. The molecule has 1 amide bonds. The molecule has 0 unspecified atom stereocenters. The number of nitrogens with two attached hydrogens (primary N) is 1. The van der Waals surface area contributed by atoms with Crippen molar-refractivity contribution >= 4 is 11.9 Å². The van der Waals surface area contributed by atoms with Crippen molar-refractivity contribution in [2.45, 2.75) is 32.7 Å². The summed E-state index contributed by atoms with van der Waals surface area (Å²) in [4.78, 5) is 26.9. The van der Waals surface area contributed by atoms with Crippen LogP contribution in [0.1, 0.15) is 34.6 Å². The Morgan fingerprint density at radius 2 is 1.84 bits per heavy atom. The highest BCUT2D eigenvalue weighted by Gasteiger charge is 2.27. The van der Waals surface area contributed by atoms with Crippen molar-refractivity contribution in [1.29, 1.82) is 0 Å². The molecule has 0 bridgehead atoms. The van der Waals surface area contributed by atoms with E-state index in [1.807, 2.05) is 31.2 Å². The van der Waals surface area contributed by atoms with Crippen molar-refractivity contribution in [2.24, 2.45) is 5.73 Å². The molecule has 0 radical (unpaired) electrons. The summed E-state index contributed by atoms with van der Waals surface area (Å²) in [5.74, 6) is -0.134. The number of para-hydroxylation sites is 1. The zero-order valence-corrected chi connectivity index (χ0v) is 19.2. The molecule has 1 aliphatic rings. The zero-order valence-electron chi connectivity index (χ0n) is 19.2. The predicted molar refractivity (Wildman–Crippen MR) is 122 cm³/mol. The van der Waals surface area contributed by atoms with E-state index in [1.54, 1.807) is 7.11 Å². The van der Waals surface area contributed by atoms with E-state index in [1.165, 1.54) is 7.11 Å². The Hall–Kier alpha value is -2.84. The molecule has 2 N–H and O–H groups in total. The molecule has 0 saturated carbocycles. The lowest BCUT2D eigenvalue weighted by Crippen LogP contribution is -2.37. The Balaban J connectivity index is 2.01. The number of hydrogen-bond donors (Lipinski definition) is 1. The number of carbonyl (C=O) groups excluding carboxylic acids is 2. The highest BCUT2D eigenvalue weighted by Crippen LogP contribution is 2.38. The van der Waals surface area contributed by atoms with Crippen molar-refractivity contribution in [2.75, 3.05) is 47.1 Å². The lowest BCUT2D eigenvalue weighted by Gasteiger charge is -2.26. The fourth-order valence-corrected chi connectivity index (χ4v) is 4.40. The number of primary amides is 1. The number of carbonyl (C=O) groups is 2. The first-order valence-corrected chi connectivity index (χ1v) is 11.0. The van der Waals surface area contributed by atoms with Gasteiger partial charge in [-0.2, -0.15) is 0 Å². The van der Waals surface area contributed by atoms with Crippen LogP contribution in [0.5, 0.6) is 5.75 Å². The second-order valence-electron chi connectivity index (χ2n) is 7.88. The third-order valence-corrected chi connectivity index (χ3v) is 6.01. The van der Waals surface area contributed by atoms with Crippen molar-refractivity contribution in [1.82, 2.24) is 9.47 Å². The van der Waals surface area contributed by atoms with E-state index in [4.69, 9.17) is 19.9 Å². The van der Waals surface area contributed by atoms with Crippen LogP contribution in [0.4, 0.5) is 0 Å². The number of hydrogen-bond acceptors (Lipinski definition) is 6. The van der Waals surface area contributed by atoms with E-state index in [2.05, 4.69) is 9.47 Å². The van der Waals surface area contributed by atoms with Gasteiger partial charge < -0.3 is 24.5 Å². The third kappa shape index (κ3) is 5.31. The second-order valence-corrected chi connectivity index (χ2v) is 7.88. The van der Waals surface area contributed by atoms with Crippen LogP contribution in [-0.4, -0.2) is 68.4 Å². The molecule has 1 saturated heterocycles. The normalized spacial score (nSPS) is 14.3. The molecule has 8 heteroatoms. The van der Waals surface area contributed by atoms with Gasteiger partial charge in [0, 0.05) is 48.7 Å². The Morgan fingerprint density at radius 1 is 1.12 bits per heavy atom. The van der Waals surface area contributed by atoms with Gasteiger partial charge in [-0.1, -0.05) is 18.2 Å². The topological polar surface area (TPSA) is 96.0 Å². The summed E-state index contributed by atoms with van der Waals surface area (Å²) >= 11 is 0. The number of aromatic nitrogens is 1. The summed E-state index contributed by atoms with van der Waals surface area (Å²) < 4.78 is 18.0. The summed E-state index contributed by atoms with van der Waals surface area (Å²) in [7, 11) is 2.98. The molecule has 3 rings (SSSR count). The number of benzene rings is 1. The van der Waals surface area contributed by atoms with Crippen molar-refractivity contribution in [3.05, 3.63) is 41.2 Å². The molecule has 0 atom stereocenters. The van der Waals surface area contributed by atoms with Crippen LogP contribution in [0.3, 0.4) is 0 Å².